The monoisotopic (exact) mass is 516 g/mol. The predicted octanol–water partition coefficient (Wildman–Crippen LogP) is 2.90. The van der Waals surface area contributed by atoms with Gasteiger partial charge in [-0.15, -0.1) is 34.2 Å². The Kier molecular flexibility index (Phi) is 12.3. The molecule has 0 aliphatic heterocycles. The molecule has 1 aromatic carbocycles. The van der Waals surface area contributed by atoms with Crippen LogP contribution >= 0.6 is 24.0 Å². The number of nitrogens with one attached hydrogen (secondary N) is 2. The average Bonchev–Trinajstić information content (AvgIpc) is 3.16. The molecule has 2 rings (SSSR count). The predicted molar refractivity (Wildman–Crippen MR) is 126 cm³/mol. The number of halogens is 1. The van der Waals surface area contributed by atoms with E-state index in [2.05, 4.69) is 52.9 Å². The minimum atomic E-state index is 0. The van der Waals surface area contributed by atoms with Crippen molar-refractivity contribution in [1.82, 2.24) is 25.4 Å². The fourth-order valence-electron chi connectivity index (χ4n) is 2.66. The van der Waals surface area contributed by atoms with Gasteiger partial charge in [-0.25, -0.2) is 4.99 Å². The minimum absolute atomic E-state index is 0. The quantitative estimate of drug-likeness (QED) is 0.207. The molecule has 2 aromatic rings. The Hall–Kier alpha value is -1.88. The maximum absolute atomic E-state index is 5.95. The van der Waals surface area contributed by atoms with Gasteiger partial charge in [-0.2, -0.15) is 0 Å². The molecule has 1 aromatic heterocycles. The number of rotatable bonds is 11. The zero-order valence-electron chi connectivity index (χ0n) is 17.8. The van der Waals surface area contributed by atoms with Crippen LogP contribution in [0, 0.1) is 6.92 Å². The van der Waals surface area contributed by atoms with Crippen LogP contribution in [0.1, 0.15) is 37.2 Å². The number of guanidine groups is 1. The van der Waals surface area contributed by atoms with Crippen LogP contribution in [0.25, 0.3) is 0 Å². The maximum atomic E-state index is 5.95. The summed E-state index contributed by atoms with van der Waals surface area (Å²) in [6.07, 6.45) is 2.59. The van der Waals surface area contributed by atoms with Crippen molar-refractivity contribution in [1.29, 1.82) is 0 Å². The van der Waals surface area contributed by atoms with E-state index in [-0.39, 0.29) is 24.0 Å². The molecule has 29 heavy (non-hydrogen) atoms. The number of hydrogen-bond acceptors (Lipinski definition) is 5. The molecular formula is C20H33IN6O2. The van der Waals surface area contributed by atoms with Gasteiger partial charge in [0.2, 0.25) is 0 Å². The third-order valence-corrected chi connectivity index (χ3v) is 4.18. The van der Waals surface area contributed by atoms with Crippen LogP contribution in [-0.2, 0) is 24.4 Å². The van der Waals surface area contributed by atoms with E-state index < -0.39 is 0 Å². The van der Waals surface area contributed by atoms with E-state index in [1.807, 2.05) is 11.5 Å². The van der Waals surface area contributed by atoms with Gasteiger partial charge in [-0.1, -0.05) is 12.1 Å². The summed E-state index contributed by atoms with van der Waals surface area (Å²) >= 11 is 0. The van der Waals surface area contributed by atoms with Crippen LogP contribution in [0.2, 0.25) is 0 Å². The van der Waals surface area contributed by atoms with Gasteiger partial charge in [0.05, 0.1) is 19.7 Å². The minimum Gasteiger partial charge on any atom is -0.493 e. The van der Waals surface area contributed by atoms with Gasteiger partial charge in [0.25, 0.3) is 0 Å². The number of benzene rings is 1. The van der Waals surface area contributed by atoms with Gasteiger partial charge < -0.3 is 24.7 Å². The summed E-state index contributed by atoms with van der Waals surface area (Å²) in [5.41, 5.74) is 2.22. The molecule has 0 unspecified atom stereocenters. The molecule has 1 heterocycles. The molecule has 162 valence electrons. The van der Waals surface area contributed by atoms with Crippen LogP contribution in [0.15, 0.2) is 29.5 Å². The second-order valence-corrected chi connectivity index (χ2v) is 6.39. The first-order chi connectivity index (χ1) is 13.7. The maximum Gasteiger partial charge on any atom is 0.191 e. The molecule has 0 aliphatic carbocycles. The van der Waals surface area contributed by atoms with E-state index in [9.17, 15) is 0 Å². The largest absolute Gasteiger partial charge is 0.493 e. The SMILES string of the molecule is CCNC(=NCc1ccc(C)cc1OCCCOC)NCc1nncn1CC.I. The van der Waals surface area contributed by atoms with Gasteiger partial charge in [0.15, 0.2) is 11.8 Å². The lowest BCUT2D eigenvalue weighted by molar-refractivity contribution is 0.172. The molecule has 9 heteroatoms. The molecule has 0 atom stereocenters. The fourth-order valence-corrected chi connectivity index (χ4v) is 2.66. The first kappa shape index (κ1) is 25.2. The van der Waals surface area contributed by atoms with Crippen LogP contribution in [0.3, 0.4) is 0 Å². The Labute approximate surface area is 190 Å². The second kappa shape index (κ2) is 14.2. The van der Waals surface area contributed by atoms with Crippen molar-refractivity contribution in [3.8, 4) is 5.75 Å². The summed E-state index contributed by atoms with van der Waals surface area (Å²) in [6.45, 7) is 10.2. The molecule has 0 aliphatic rings. The lowest BCUT2D eigenvalue weighted by Crippen LogP contribution is -2.37. The van der Waals surface area contributed by atoms with Crippen molar-refractivity contribution in [3.05, 3.63) is 41.5 Å². The number of nitrogens with zero attached hydrogens (tertiary/aromatic N) is 4. The zero-order chi connectivity index (χ0) is 20.2. The Morgan fingerprint density at radius 2 is 2.03 bits per heavy atom. The smallest absolute Gasteiger partial charge is 0.191 e. The Morgan fingerprint density at radius 1 is 1.21 bits per heavy atom. The van der Waals surface area contributed by atoms with Crippen molar-refractivity contribution in [2.24, 2.45) is 4.99 Å². The fraction of sp³-hybridized carbons (Fsp3) is 0.550. The summed E-state index contributed by atoms with van der Waals surface area (Å²) < 4.78 is 13.0. The molecule has 0 bridgehead atoms. The zero-order valence-corrected chi connectivity index (χ0v) is 20.1. The van der Waals surface area contributed by atoms with Crippen molar-refractivity contribution < 1.29 is 9.47 Å². The van der Waals surface area contributed by atoms with E-state index in [1.54, 1.807) is 13.4 Å². The van der Waals surface area contributed by atoms with Crippen molar-refractivity contribution in [2.45, 2.75) is 46.8 Å². The standard InChI is InChI=1S/C20H32N6O2.HI/c1-5-21-20(23-14-19-25-24-15-26(19)6-2)22-13-17-9-8-16(3)12-18(17)28-11-7-10-27-4;/h8-9,12,15H,5-7,10-11,13-14H2,1-4H3,(H2,21,22,23);1H. The van der Waals surface area contributed by atoms with Crippen LogP contribution < -0.4 is 15.4 Å². The van der Waals surface area contributed by atoms with Crippen molar-refractivity contribution >= 4 is 29.9 Å². The molecule has 0 spiro atoms. The third kappa shape index (κ3) is 8.57. The summed E-state index contributed by atoms with van der Waals surface area (Å²) in [6, 6.07) is 6.21. The summed E-state index contributed by atoms with van der Waals surface area (Å²) in [5, 5.41) is 14.7. The van der Waals surface area contributed by atoms with Crippen molar-refractivity contribution in [3.63, 3.8) is 0 Å². The highest BCUT2D eigenvalue weighted by Crippen LogP contribution is 2.21. The first-order valence-electron chi connectivity index (χ1n) is 9.78. The van der Waals surface area contributed by atoms with Gasteiger partial charge in [-0.3, -0.25) is 0 Å². The number of methoxy groups -OCH3 is 1. The lowest BCUT2D eigenvalue weighted by Gasteiger charge is -2.14. The molecule has 0 radical (unpaired) electrons. The van der Waals surface area contributed by atoms with Gasteiger partial charge >= 0.3 is 0 Å². The highest BCUT2D eigenvalue weighted by molar-refractivity contribution is 14.0. The molecular weight excluding hydrogens is 483 g/mol. The third-order valence-electron chi connectivity index (χ3n) is 4.18. The van der Waals surface area contributed by atoms with E-state index in [4.69, 9.17) is 14.5 Å². The first-order valence-corrected chi connectivity index (χ1v) is 9.78. The molecule has 8 nitrogen and oxygen atoms in total. The number of aromatic nitrogens is 3. The summed E-state index contributed by atoms with van der Waals surface area (Å²) in [4.78, 5) is 4.71. The van der Waals surface area contributed by atoms with E-state index in [0.717, 1.165) is 42.6 Å². The summed E-state index contributed by atoms with van der Waals surface area (Å²) in [7, 11) is 1.70. The molecule has 0 saturated carbocycles. The molecule has 0 amide bonds. The van der Waals surface area contributed by atoms with Crippen LogP contribution in [0.5, 0.6) is 5.75 Å². The number of aryl methyl sites for hydroxylation is 2. The van der Waals surface area contributed by atoms with Gasteiger partial charge in [0, 0.05) is 38.8 Å². The highest BCUT2D eigenvalue weighted by Gasteiger charge is 2.07. The molecule has 0 fully saturated rings. The topological polar surface area (TPSA) is 85.6 Å². The Balaban J connectivity index is 0.00000420. The number of hydrogen-bond donors (Lipinski definition) is 2. The van der Waals surface area contributed by atoms with E-state index in [0.29, 0.717) is 26.3 Å². The highest BCUT2D eigenvalue weighted by atomic mass is 127. The van der Waals surface area contributed by atoms with E-state index >= 15 is 0 Å². The second-order valence-electron chi connectivity index (χ2n) is 6.39. The Bertz CT molecular complexity index is 750. The van der Waals surface area contributed by atoms with E-state index in [1.165, 1.54) is 5.56 Å². The Morgan fingerprint density at radius 3 is 2.76 bits per heavy atom. The van der Waals surface area contributed by atoms with Crippen molar-refractivity contribution in [2.75, 3.05) is 26.9 Å². The average molecular weight is 516 g/mol. The molecule has 2 N–H and O–H groups in total. The molecule has 0 saturated heterocycles. The summed E-state index contributed by atoms with van der Waals surface area (Å²) in [5.74, 6) is 2.49. The number of ether oxygens (including phenoxy) is 2. The lowest BCUT2D eigenvalue weighted by atomic mass is 10.1. The van der Waals surface area contributed by atoms with Gasteiger partial charge in [-0.05, 0) is 32.4 Å². The number of aliphatic imine (C=N–C) groups is 1. The van der Waals surface area contributed by atoms with Crippen LogP contribution in [0.4, 0.5) is 0 Å². The van der Waals surface area contributed by atoms with Gasteiger partial charge in [0.1, 0.15) is 12.1 Å². The normalized spacial score (nSPS) is 11.1. The van der Waals surface area contributed by atoms with Crippen LogP contribution in [-0.4, -0.2) is 47.6 Å².